The monoisotopic (exact) mass is 226 g/mol. The summed E-state index contributed by atoms with van der Waals surface area (Å²) >= 11 is 0. The molecule has 0 bridgehead atoms. The Morgan fingerprint density at radius 3 is 2.69 bits per heavy atom. The van der Waals surface area contributed by atoms with Crippen molar-refractivity contribution in [3.05, 3.63) is 24.0 Å². The number of carbonyl (C=O) groups is 2. The topological polar surface area (TPSA) is 78.4 Å². The molecule has 0 unspecified atom stereocenters. The molecule has 0 aliphatic rings. The highest BCUT2D eigenvalue weighted by Gasteiger charge is 2.07. The van der Waals surface area contributed by atoms with Gasteiger partial charge in [-0.25, -0.2) is 4.39 Å². The Kier molecular flexibility index (Phi) is 3.82. The number of aromatic hydroxyl groups is 1. The predicted octanol–water partition coefficient (Wildman–Crippen LogP) is 0.606. The van der Waals surface area contributed by atoms with E-state index in [2.05, 4.69) is 10.6 Å². The van der Waals surface area contributed by atoms with E-state index >= 15 is 0 Å². The number of hydrogen-bond donors (Lipinski definition) is 3. The van der Waals surface area contributed by atoms with Crippen LogP contribution in [-0.2, 0) is 9.59 Å². The van der Waals surface area contributed by atoms with E-state index in [1.54, 1.807) is 0 Å². The first-order chi connectivity index (χ1) is 7.49. The van der Waals surface area contributed by atoms with E-state index < -0.39 is 11.7 Å². The molecule has 2 amide bonds. The Hall–Kier alpha value is -2.11. The molecule has 0 radical (unpaired) electrons. The maximum atomic E-state index is 13.1. The largest absolute Gasteiger partial charge is 0.508 e. The molecule has 1 aromatic carbocycles. The first-order valence-corrected chi connectivity index (χ1v) is 4.52. The number of anilines is 1. The van der Waals surface area contributed by atoms with Crippen LogP contribution in [-0.4, -0.2) is 23.5 Å². The number of hydrogen-bond acceptors (Lipinski definition) is 3. The van der Waals surface area contributed by atoms with Crippen molar-refractivity contribution < 1.29 is 19.1 Å². The molecular formula is C10H11FN2O3. The van der Waals surface area contributed by atoms with Gasteiger partial charge in [0.2, 0.25) is 11.8 Å². The van der Waals surface area contributed by atoms with E-state index in [0.717, 1.165) is 6.07 Å². The lowest BCUT2D eigenvalue weighted by atomic mass is 10.3. The van der Waals surface area contributed by atoms with Crippen LogP contribution in [0.15, 0.2) is 18.2 Å². The van der Waals surface area contributed by atoms with E-state index in [-0.39, 0.29) is 23.9 Å². The summed E-state index contributed by atoms with van der Waals surface area (Å²) in [5, 5.41) is 13.5. The molecule has 0 fully saturated rings. The van der Waals surface area contributed by atoms with Crippen molar-refractivity contribution in [1.82, 2.24) is 5.32 Å². The van der Waals surface area contributed by atoms with Crippen LogP contribution in [0.3, 0.4) is 0 Å². The molecule has 1 aromatic rings. The fraction of sp³-hybridized carbons (Fsp3) is 0.200. The average molecular weight is 226 g/mol. The highest BCUT2D eigenvalue weighted by Crippen LogP contribution is 2.18. The summed E-state index contributed by atoms with van der Waals surface area (Å²) in [6, 6.07) is 3.36. The second kappa shape index (κ2) is 5.11. The number of phenolic OH excluding ortho intramolecular Hbond substituents is 1. The van der Waals surface area contributed by atoms with Gasteiger partial charge in [-0.3, -0.25) is 9.59 Å². The minimum Gasteiger partial charge on any atom is -0.508 e. The van der Waals surface area contributed by atoms with Gasteiger partial charge < -0.3 is 15.7 Å². The third-order valence-corrected chi connectivity index (χ3v) is 1.72. The number of carbonyl (C=O) groups excluding carboxylic acids is 2. The van der Waals surface area contributed by atoms with E-state index in [9.17, 15) is 14.0 Å². The molecule has 6 heteroatoms. The van der Waals surface area contributed by atoms with Gasteiger partial charge in [0.1, 0.15) is 11.6 Å². The summed E-state index contributed by atoms with van der Waals surface area (Å²) in [5.74, 6) is -1.85. The van der Waals surface area contributed by atoms with Gasteiger partial charge in [0, 0.05) is 13.0 Å². The number of rotatable bonds is 3. The van der Waals surface area contributed by atoms with Gasteiger partial charge >= 0.3 is 0 Å². The summed E-state index contributed by atoms with van der Waals surface area (Å²) in [5.41, 5.74) is -0.0480. The van der Waals surface area contributed by atoms with Crippen molar-refractivity contribution in [2.75, 3.05) is 11.9 Å². The second-order valence-electron chi connectivity index (χ2n) is 3.12. The molecule has 0 aromatic heterocycles. The molecule has 0 saturated carbocycles. The Morgan fingerprint density at radius 1 is 1.44 bits per heavy atom. The minimum atomic E-state index is -0.740. The third kappa shape index (κ3) is 3.56. The fourth-order valence-corrected chi connectivity index (χ4v) is 1.00. The molecule has 0 spiro atoms. The van der Waals surface area contributed by atoms with Crippen molar-refractivity contribution in [3.63, 3.8) is 0 Å². The van der Waals surface area contributed by atoms with Gasteiger partial charge in [-0.05, 0) is 12.1 Å². The molecule has 3 N–H and O–H groups in total. The van der Waals surface area contributed by atoms with E-state index in [0.29, 0.717) is 0 Å². The lowest BCUT2D eigenvalue weighted by Gasteiger charge is -2.06. The number of phenols is 1. The highest BCUT2D eigenvalue weighted by molar-refractivity contribution is 5.94. The van der Waals surface area contributed by atoms with Crippen molar-refractivity contribution in [2.45, 2.75) is 6.92 Å². The molecule has 16 heavy (non-hydrogen) atoms. The van der Waals surface area contributed by atoms with Crippen molar-refractivity contribution in [2.24, 2.45) is 0 Å². The fourth-order valence-electron chi connectivity index (χ4n) is 1.00. The third-order valence-electron chi connectivity index (χ3n) is 1.72. The molecule has 0 aliphatic carbocycles. The number of nitrogens with one attached hydrogen (secondary N) is 2. The lowest BCUT2D eigenvalue weighted by molar-refractivity contribution is -0.122. The SMILES string of the molecule is CC(=O)NCC(=O)Nc1ccc(O)cc1F. The predicted molar refractivity (Wildman–Crippen MR) is 55.4 cm³/mol. The van der Waals surface area contributed by atoms with Gasteiger partial charge in [-0.1, -0.05) is 0 Å². The second-order valence-corrected chi connectivity index (χ2v) is 3.12. The van der Waals surface area contributed by atoms with Gasteiger partial charge in [0.15, 0.2) is 0 Å². The summed E-state index contributed by atoms with van der Waals surface area (Å²) in [4.78, 5) is 21.7. The zero-order chi connectivity index (χ0) is 12.1. The number of benzene rings is 1. The van der Waals surface area contributed by atoms with Crippen molar-refractivity contribution in [3.8, 4) is 5.75 Å². The minimum absolute atomic E-state index is 0.0480. The van der Waals surface area contributed by atoms with Crippen LogP contribution in [0.5, 0.6) is 5.75 Å². The zero-order valence-corrected chi connectivity index (χ0v) is 8.58. The van der Waals surface area contributed by atoms with Crippen LogP contribution in [0.2, 0.25) is 0 Å². The standard InChI is InChI=1S/C10H11FN2O3/c1-6(14)12-5-10(16)13-9-3-2-7(15)4-8(9)11/h2-4,15H,5H2,1H3,(H,12,14)(H,13,16). The smallest absolute Gasteiger partial charge is 0.243 e. The van der Waals surface area contributed by atoms with E-state index in [1.165, 1.54) is 19.1 Å². The first-order valence-electron chi connectivity index (χ1n) is 4.52. The summed E-state index contributed by atoms with van der Waals surface area (Å²) in [6.07, 6.45) is 0. The molecule has 0 heterocycles. The van der Waals surface area contributed by atoms with Gasteiger partial charge in [-0.15, -0.1) is 0 Å². The van der Waals surface area contributed by atoms with E-state index in [4.69, 9.17) is 5.11 Å². The quantitative estimate of drug-likeness (QED) is 0.660. The van der Waals surface area contributed by atoms with Crippen LogP contribution in [0, 0.1) is 5.82 Å². The zero-order valence-electron chi connectivity index (χ0n) is 8.58. The molecule has 5 nitrogen and oxygen atoms in total. The van der Waals surface area contributed by atoms with Gasteiger partial charge in [0.05, 0.1) is 12.2 Å². The Morgan fingerprint density at radius 2 is 2.12 bits per heavy atom. The average Bonchev–Trinajstić information content (AvgIpc) is 2.19. The van der Waals surface area contributed by atoms with Gasteiger partial charge in [0.25, 0.3) is 0 Å². The maximum absolute atomic E-state index is 13.1. The molecule has 1 rings (SSSR count). The van der Waals surface area contributed by atoms with Crippen LogP contribution >= 0.6 is 0 Å². The highest BCUT2D eigenvalue weighted by atomic mass is 19.1. The molecule has 86 valence electrons. The molecule has 0 saturated heterocycles. The first kappa shape index (κ1) is 12.0. The van der Waals surface area contributed by atoms with Gasteiger partial charge in [-0.2, -0.15) is 0 Å². The summed E-state index contributed by atoms with van der Waals surface area (Å²) < 4.78 is 13.1. The van der Waals surface area contributed by atoms with E-state index in [1.807, 2.05) is 0 Å². The van der Waals surface area contributed by atoms with Crippen LogP contribution in [0.1, 0.15) is 6.92 Å². The van der Waals surface area contributed by atoms with Crippen molar-refractivity contribution in [1.29, 1.82) is 0 Å². The lowest BCUT2D eigenvalue weighted by Crippen LogP contribution is -2.31. The van der Waals surface area contributed by atoms with Crippen LogP contribution in [0.4, 0.5) is 10.1 Å². The molecule has 0 atom stereocenters. The van der Waals surface area contributed by atoms with Crippen molar-refractivity contribution >= 4 is 17.5 Å². The Balaban J connectivity index is 2.59. The summed E-state index contributed by atoms with van der Waals surface area (Å²) in [6.45, 7) is 1.05. The number of amides is 2. The summed E-state index contributed by atoms with van der Waals surface area (Å²) in [7, 11) is 0. The van der Waals surface area contributed by atoms with Crippen LogP contribution < -0.4 is 10.6 Å². The van der Waals surface area contributed by atoms with Crippen LogP contribution in [0.25, 0.3) is 0 Å². The normalized spacial score (nSPS) is 9.62. The number of halogens is 1. The molecule has 0 aliphatic heterocycles. The Bertz CT molecular complexity index is 421. The Labute approximate surface area is 91.3 Å². The molecular weight excluding hydrogens is 215 g/mol. The maximum Gasteiger partial charge on any atom is 0.243 e.